The third-order valence-electron chi connectivity index (χ3n) is 5.56. The number of benzene rings is 3. The second-order valence-electron chi connectivity index (χ2n) is 7.05. The lowest BCUT2D eigenvalue weighted by atomic mass is 9.67. The van der Waals surface area contributed by atoms with Crippen LogP contribution in [-0.2, 0) is 5.41 Å². The molecule has 0 aliphatic heterocycles. The van der Waals surface area contributed by atoms with E-state index < -0.39 is 0 Å². The maximum absolute atomic E-state index is 3.88. The van der Waals surface area contributed by atoms with Crippen molar-refractivity contribution < 1.29 is 0 Å². The van der Waals surface area contributed by atoms with Crippen LogP contribution in [0, 0.1) is 6.92 Å². The van der Waals surface area contributed by atoms with Gasteiger partial charge in [-0.25, -0.2) is 0 Å². The van der Waals surface area contributed by atoms with Crippen LogP contribution in [0.15, 0.2) is 109 Å². The third-order valence-corrected chi connectivity index (χ3v) is 5.56. The topological polar surface area (TPSA) is 0 Å². The molecule has 3 aromatic carbocycles. The van der Waals surface area contributed by atoms with Crippen molar-refractivity contribution in [3.05, 3.63) is 132 Å². The van der Waals surface area contributed by atoms with Crippen LogP contribution < -0.4 is 0 Å². The van der Waals surface area contributed by atoms with E-state index >= 15 is 0 Å². The Kier molecular flexibility index (Phi) is 4.41. The molecule has 0 heteroatoms. The Labute approximate surface area is 162 Å². The lowest BCUT2D eigenvalue weighted by molar-refractivity contribution is 0.765. The molecule has 0 heterocycles. The Morgan fingerprint density at radius 3 is 2.30 bits per heavy atom. The van der Waals surface area contributed by atoms with Gasteiger partial charge in [0.15, 0.2) is 0 Å². The summed E-state index contributed by atoms with van der Waals surface area (Å²) in [6.45, 7) is 8.17. The molecule has 27 heavy (non-hydrogen) atoms. The summed E-state index contributed by atoms with van der Waals surface area (Å²) in [5, 5.41) is 0. The zero-order chi connectivity index (χ0) is 18.9. The molecule has 0 aromatic heterocycles. The van der Waals surface area contributed by atoms with Crippen molar-refractivity contribution >= 4 is 0 Å². The highest BCUT2D eigenvalue weighted by molar-refractivity contribution is 5.86. The van der Waals surface area contributed by atoms with Gasteiger partial charge in [-0.3, -0.25) is 0 Å². The Bertz CT molecular complexity index is 1050. The molecule has 1 atom stereocenters. The fraction of sp³-hybridized carbons (Fsp3) is 0.111. The van der Waals surface area contributed by atoms with Crippen LogP contribution in [0.4, 0.5) is 0 Å². The minimum atomic E-state index is -0.310. The molecule has 3 aromatic rings. The first-order valence-electron chi connectivity index (χ1n) is 9.46. The summed E-state index contributed by atoms with van der Waals surface area (Å²) in [6.07, 6.45) is 8.32. The Balaban J connectivity index is 2.17. The summed E-state index contributed by atoms with van der Waals surface area (Å²) >= 11 is 0. The summed E-state index contributed by atoms with van der Waals surface area (Å²) < 4.78 is 0. The summed E-state index contributed by atoms with van der Waals surface area (Å²) in [5.74, 6) is 0. The number of allylic oxidation sites excluding steroid dienone is 5. The van der Waals surface area contributed by atoms with Gasteiger partial charge in [0.05, 0.1) is 5.41 Å². The first kappa shape index (κ1) is 17.3. The largest absolute Gasteiger partial charge is 0.0991 e. The minimum absolute atomic E-state index is 0.310. The number of aryl methyl sites for hydroxylation is 1. The second kappa shape index (κ2) is 6.89. The van der Waals surface area contributed by atoms with Crippen LogP contribution in [0.3, 0.4) is 0 Å². The van der Waals surface area contributed by atoms with Crippen LogP contribution in [0.25, 0.3) is 11.1 Å². The molecule has 1 aliphatic rings. The van der Waals surface area contributed by atoms with E-state index in [-0.39, 0.29) is 5.41 Å². The number of fused-ring (bicyclic) bond motifs is 3. The molecule has 4 rings (SSSR count). The highest BCUT2D eigenvalue weighted by Crippen LogP contribution is 2.56. The molecule has 0 saturated heterocycles. The van der Waals surface area contributed by atoms with Crippen molar-refractivity contribution in [2.75, 3.05) is 0 Å². The van der Waals surface area contributed by atoms with Crippen LogP contribution in [0.5, 0.6) is 0 Å². The molecular formula is C27H24. The van der Waals surface area contributed by atoms with Gasteiger partial charge in [0.2, 0.25) is 0 Å². The van der Waals surface area contributed by atoms with E-state index in [1.807, 2.05) is 12.2 Å². The van der Waals surface area contributed by atoms with Gasteiger partial charge in [-0.05, 0) is 47.2 Å². The molecule has 0 fully saturated rings. The standard InChI is InChI=1S/C27H24/c1-4-6-12-21(5-2)27(22-13-8-7-9-14-22)25-16-11-10-15-23(25)24-19-20(3)17-18-26(24)27/h4-19H,1H2,2-3H3/b12-6-,21-5+. The van der Waals surface area contributed by atoms with Gasteiger partial charge in [-0.15, -0.1) is 0 Å². The minimum Gasteiger partial charge on any atom is -0.0991 e. The van der Waals surface area contributed by atoms with E-state index in [9.17, 15) is 0 Å². The van der Waals surface area contributed by atoms with Crippen LogP contribution >= 0.6 is 0 Å². The van der Waals surface area contributed by atoms with Crippen molar-refractivity contribution in [2.45, 2.75) is 19.3 Å². The van der Waals surface area contributed by atoms with Gasteiger partial charge in [0, 0.05) is 0 Å². The maximum atomic E-state index is 3.88. The predicted octanol–water partition coefficient (Wildman–Crippen LogP) is 7.00. The van der Waals surface area contributed by atoms with E-state index in [4.69, 9.17) is 0 Å². The fourth-order valence-electron chi connectivity index (χ4n) is 4.48. The summed E-state index contributed by atoms with van der Waals surface area (Å²) in [5.41, 5.74) is 8.89. The molecule has 1 unspecified atom stereocenters. The van der Waals surface area contributed by atoms with E-state index in [0.717, 1.165) is 0 Å². The van der Waals surface area contributed by atoms with Crippen LogP contribution in [0.1, 0.15) is 29.2 Å². The smallest absolute Gasteiger partial charge is 0.0710 e. The second-order valence-corrected chi connectivity index (χ2v) is 7.05. The zero-order valence-electron chi connectivity index (χ0n) is 15.9. The molecule has 132 valence electrons. The SMILES string of the molecule is C=C/C=C\C(=C/C)C1(c2ccccc2)c2ccccc2-c2cc(C)ccc21. The first-order valence-corrected chi connectivity index (χ1v) is 9.46. The summed E-state index contributed by atoms with van der Waals surface area (Å²) in [7, 11) is 0. The normalized spacial score (nSPS) is 18.4. The summed E-state index contributed by atoms with van der Waals surface area (Å²) in [4.78, 5) is 0. The van der Waals surface area contributed by atoms with Gasteiger partial charge in [-0.2, -0.15) is 0 Å². The Morgan fingerprint density at radius 1 is 0.852 bits per heavy atom. The number of rotatable bonds is 4. The van der Waals surface area contributed by atoms with E-state index in [0.29, 0.717) is 0 Å². The maximum Gasteiger partial charge on any atom is 0.0710 e. The van der Waals surface area contributed by atoms with Crippen LogP contribution in [0.2, 0.25) is 0 Å². The average molecular weight is 348 g/mol. The zero-order valence-corrected chi connectivity index (χ0v) is 15.9. The van der Waals surface area contributed by atoms with Gasteiger partial charge < -0.3 is 0 Å². The van der Waals surface area contributed by atoms with E-state index in [1.165, 1.54) is 39.0 Å². The van der Waals surface area contributed by atoms with Gasteiger partial charge in [-0.1, -0.05) is 109 Å². The predicted molar refractivity (Wildman–Crippen MR) is 116 cm³/mol. The molecule has 0 N–H and O–H groups in total. The van der Waals surface area contributed by atoms with E-state index in [2.05, 4.69) is 105 Å². The van der Waals surface area contributed by atoms with Crippen LogP contribution in [-0.4, -0.2) is 0 Å². The molecule has 0 radical (unpaired) electrons. The van der Waals surface area contributed by atoms with Crippen molar-refractivity contribution in [2.24, 2.45) is 0 Å². The highest BCUT2D eigenvalue weighted by Gasteiger charge is 2.46. The summed E-state index contributed by atoms with van der Waals surface area (Å²) in [6, 6.07) is 26.5. The van der Waals surface area contributed by atoms with Gasteiger partial charge >= 0.3 is 0 Å². The average Bonchev–Trinajstić information content (AvgIpc) is 3.00. The van der Waals surface area contributed by atoms with Crippen molar-refractivity contribution in [1.82, 2.24) is 0 Å². The molecular weight excluding hydrogens is 324 g/mol. The molecule has 0 saturated carbocycles. The van der Waals surface area contributed by atoms with Crippen molar-refractivity contribution in [1.29, 1.82) is 0 Å². The van der Waals surface area contributed by atoms with Crippen molar-refractivity contribution in [3.8, 4) is 11.1 Å². The molecule has 0 nitrogen and oxygen atoms in total. The van der Waals surface area contributed by atoms with E-state index in [1.54, 1.807) is 0 Å². The Hall–Kier alpha value is -3.12. The van der Waals surface area contributed by atoms with Crippen molar-refractivity contribution in [3.63, 3.8) is 0 Å². The molecule has 0 amide bonds. The van der Waals surface area contributed by atoms with Gasteiger partial charge in [0.25, 0.3) is 0 Å². The number of hydrogen-bond donors (Lipinski definition) is 0. The molecule has 1 aliphatic carbocycles. The Morgan fingerprint density at radius 2 is 1.56 bits per heavy atom. The lowest BCUT2D eigenvalue weighted by Crippen LogP contribution is -2.29. The lowest BCUT2D eigenvalue weighted by Gasteiger charge is -2.34. The molecule has 0 spiro atoms. The highest BCUT2D eigenvalue weighted by atomic mass is 14.5. The quantitative estimate of drug-likeness (QED) is 0.445. The fourth-order valence-corrected chi connectivity index (χ4v) is 4.48. The third kappa shape index (κ3) is 2.52. The van der Waals surface area contributed by atoms with Gasteiger partial charge in [0.1, 0.15) is 0 Å². The first-order chi connectivity index (χ1) is 13.2. The monoisotopic (exact) mass is 348 g/mol. The number of hydrogen-bond acceptors (Lipinski definition) is 0. The molecule has 0 bridgehead atoms.